The zero-order valence-electron chi connectivity index (χ0n) is 6.43. The Bertz CT molecular complexity index is 280. The molecule has 0 aliphatic carbocycles. The molecular weight excluding hydrogens is 257 g/mol. The van der Waals surface area contributed by atoms with Crippen LogP contribution in [-0.4, -0.2) is 12.7 Å². The van der Waals surface area contributed by atoms with E-state index in [0.29, 0.717) is 0 Å². The molecule has 4 nitrogen and oxygen atoms in total. The van der Waals surface area contributed by atoms with Gasteiger partial charge in [0.15, 0.2) is 0 Å². The summed E-state index contributed by atoms with van der Waals surface area (Å²) in [6.45, 7) is 0. The molecule has 88 valence electrons. The fourth-order valence-corrected chi connectivity index (χ4v) is 1.12. The highest BCUT2D eigenvalue weighted by molar-refractivity contribution is 7.48. The SMILES string of the molecule is C#COP(=O)(OC(F)(F)F)OC(F)(F)F. The number of hydrogen-bond donors (Lipinski definition) is 0. The van der Waals surface area contributed by atoms with Crippen molar-refractivity contribution in [2.75, 3.05) is 0 Å². The molecule has 0 aromatic rings. The number of rotatable bonds is 3. The molecule has 0 N–H and O–H groups in total. The minimum Gasteiger partial charge on any atom is -0.350 e. The van der Waals surface area contributed by atoms with E-state index in [1.165, 1.54) is 0 Å². The number of alkyl halides is 6. The van der Waals surface area contributed by atoms with Crippen molar-refractivity contribution in [3.63, 3.8) is 0 Å². The molecule has 0 fully saturated rings. The van der Waals surface area contributed by atoms with Gasteiger partial charge in [-0.25, -0.2) is 4.57 Å². The highest BCUT2D eigenvalue weighted by atomic mass is 31.2. The number of phosphoric ester groups is 1. The summed E-state index contributed by atoms with van der Waals surface area (Å²) in [6, 6.07) is 0. The van der Waals surface area contributed by atoms with Crippen LogP contribution in [0.25, 0.3) is 0 Å². The van der Waals surface area contributed by atoms with E-state index in [4.69, 9.17) is 0 Å². The summed E-state index contributed by atoms with van der Waals surface area (Å²) in [5.74, 6) is 0. The van der Waals surface area contributed by atoms with Gasteiger partial charge in [-0.3, -0.25) is 0 Å². The summed E-state index contributed by atoms with van der Waals surface area (Å²) in [4.78, 5) is 0. The van der Waals surface area contributed by atoms with Crippen molar-refractivity contribution >= 4 is 7.82 Å². The third kappa shape index (κ3) is 7.07. The van der Waals surface area contributed by atoms with Gasteiger partial charge in [0, 0.05) is 0 Å². The fraction of sp³-hybridized carbons (Fsp3) is 0.500. The Balaban J connectivity index is 4.78. The molecule has 15 heavy (non-hydrogen) atoms. The van der Waals surface area contributed by atoms with Gasteiger partial charge < -0.3 is 4.52 Å². The fourth-order valence-electron chi connectivity index (χ4n) is 0.374. The van der Waals surface area contributed by atoms with Crippen molar-refractivity contribution in [3.05, 3.63) is 0 Å². The summed E-state index contributed by atoms with van der Waals surface area (Å²) < 4.78 is 87.5. The first-order chi connectivity index (χ1) is 6.47. The molecule has 0 spiro atoms. The van der Waals surface area contributed by atoms with Crippen molar-refractivity contribution < 1.29 is 44.5 Å². The lowest BCUT2D eigenvalue weighted by atomic mass is 11.3. The highest BCUT2D eigenvalue weighted by Gasteiger charge is 2.51. The van der Waals surface area contributed by atoms with Gasteiger partial charge >= 0.3 is 20.5 Å². The van der Waals surface area contributed by atoms with Crippen molar-refractivity contribution in [2.45, 2.75) is 12.7 Å². The number of phosphoric acid groups is 1. The molecule has 0 atom stereocenters. The molecule has 0 bridgehead atoms. The Morgan fingerprint density at radius 3 is 1.53 bits per heavy atom. The summed E-state index contributed by atoms with van der Waals surface area (Å²) in [6.07, 6.45) is -6.26. The molecule has 11 heteroatoms. The molecule has 0 saturated carbocycles. The average molecular weight is 258 g/mol. The summed E-state index contributed by atoms with van der Waals surface area (Å²) in [5, 5.41) is 0. The minimum absolute atomic E-state index is 0.840. The largest absolute Gasteiger partial charge is 0.552 e. The molecule has 0 radical (unpaired) electrons. The number of terminal acetylenes is 1. The first-order valence-corrected chi connectivity index (χ1v) is 4.23. The third-order valence-corrected chi connectivity index (χ3v) is 1.79. The predicted octanol–water partition coefficient (Wildman–Crippen LogP) is 2.77. The smallest absolute Gasteiger partial charge is 0.350 e. The minimum atomic E-state index is -5.95. The summed E-state index contributed by atoms with van der Waals surface area (Å²) >= 11 is 0. The van der Waals surface area contributed by atoms with Crippen LogP contribution in [0.15, 0.2) is 0 Å². The van der Waals surface area contributed by atoms with Gasteiger partial charge in [0.2, 0.25) is 0 Å². The van der Waals surface area contributed by atoms with Gasteiger partial charge in [-0.05, 0) is 0 Å². The first kappa shape index (κ1) is 14.1. The van der Waals surface area contributed by atoms with Gasteiger partial charge in [-0.1, -0.05) is 6.42 Å². The lowest BCUT2D eigenvalue weighted by Gasteiger charge is -2.16. The molecule has 0 aliphatic heterocycles. The topological polar surface area (TPSA) is 44.8 Å². The number of halogens is 6. The second kappa shape index (κ2) is 4.30. The Hall–Kier alpha value is -0.910. The van der Waals surface area contributed by atoms with Gasteiger partial charge in [0.1, 0.15) is 6.11 Å². The van der Waals surface area contributed by atoms with Crippen LogP contribution in [0.3, 0.4) is 0 Å². The van der Waals surface area contributed by atoms with E-state index in [-0.39, 0.29) is 0 Å². The van der Waals surface area contributed by atoms with Crippen LogP contribution in [0.2, 0.25) is 0 Å². The molecule has 0 rings (SSSR count). The van der Waals surface area contributed by atoms with Crippen LogP contribution in [0.5, 0.6) is 0 Å². The van der Waals surface area contributed by atoms with Crippen LogP contribution in [0, 0.1) is 12.5 Å². The highest BCUT2D eigenvalue weighted by Crippen LogP contribution is 2.56. The average Bonchev–Trinajstić information content (AvgIpc) is 1.74. The van der Waals surface area contributed by atoms with E-state index in [1.54, 1.807) is 0 Å². The van der Waals surface area contributed by atoms with Crippen LogP contribution in [0.4, 0.5) is 26.3 Å². The van der Waals surface area contributed by atoms with Gasteiger partial charge in [0.05, 0.1) is 0 Å². The third-order valence-electron chi connectivity index (χ3n) is 0.595. The maximum Gasteiger partial charge on any atom is 0.552 e. The second-order valence-corrected chi connectivity index (χ2v) is 3.17. The lowest BCUT2D eigenvalue weighted by molar-refractivity contribution is -0.313. The summed E-state index contributed by atoms with van der Waals surface area (Å²) in [7, 11) is -5.95. The lowest BCUT2D eigenvalue weighted by Crippen LogP contribution is -2.18. The molecule has 0 amide bonds. The molecule has 0 aromatic carbocycles. The Morgan fingerprint density at radius 2 is 1.33 bits per heavy atom. The monoisotopic (exact) mass is 258 g/mol. The molecule has 0 heterocycles. The van der Waals surface area contributed by atoms with Gasteiger partial charge in [0.25, 0.3) is 0 Å². The molecule has 0 aromatic heterocycles. The molecule has 0 unspecified atom stereocenters. The Morgan fingerprint density at radius 1 is 1.00 bits per heavy atom. The zero-order chi connectivity index (χ0) is 12.3. The van der Waals surface area contributed by atoms with Crippen LogP contribution in [-0.2, 0) is 18.1 Å². The Labute approximate surface area is 78.7 Å². The maximum atomic E-state index is 11.5. The van der Waals surface area contributed by atoms with E-state index >= 15 is 0 Å². The van der Waals surface area contributed by atoms with Crippen molar-refractivity contribution in [1.29, 1.82) is 0 Å². The quantitative estimate of drug-likeness (QED) is 0.443. The number of hydrogen-bond acceptors (Lipinski definition) is 4. The van der Waals surface area contributed by atoms with E-state index in [2.05, 4.69) is 20.0 Å². The second-order valence-electron chi connectivity index (χ2n) is 1.73. The van der Waals surface area contributed by atoms with E-state index in [9.17, 15) is 30.9 Å². The van der Waals surface area contributed by atoms with Crippen LogP contribution >= 0.6 is 7.82 Å². The Kier molecular flexibility index (Phi) is 4.04. The first-order valence-electron chi connectivity index (χ1n) is 2.77. The zero-order valence-corrected chi connectivity index (χ0v) is 7.32. The molecule has 0 aliphatic rings. The van der Waals surface area contributed by atoms with Crippen molar-refractivity contribution in [3.8, 4) is 12.5 Å². The summed E-state index contributed by atoms with van der Waals surface area (Å²) in [5.41, 5.74) is 0. The predicted molar refractivity (Wildman–Crippen MR) is 31.8 cm³/mol. The van der Waals surface area contributed by atoms with E-state index < -0.39 is 20.5 Å². The van der Waals surface area contributed by atoms with Gasteiger partial charge in [-0.2, -0.15) is 9.05 Å². The van der Waals surface area contributed by atoms with Crippen LogP contribution < -0.4 is 0 Å². The van der Waals surface area contributed by atoms with Crippen molar-refractivity contribution in [1.82, 2.24) is 0 Å². The van der Waals surface area contributed by atoms with E-state index in [0.717, 1.165) is 6.11 Å². The van der Waals surface area contributed by atoms with Crippen molar-refractivity contribution in [2.24, 2.45) is 0 Å². The van der Waals surface area contributed by atoms with Gasteiger partial charge in [-0.15, -0.1) is 26.3 Å². The molecule has 0 saturated heterocycles. The normalized spacial score (nSPS) is 13.4. The maximum absolute atomic E-state index is 11.5. The standard InChI is InChI=1S/C4HF6O4P/c1-2-12-15(11,13-3(5,6)7)14-4(8,9)10/h1H. The van der Waals surface area contributed by atoms with Crippen LogP contribution in [0.1, 0.15) is 0 Å². The molecular formula is C4HF6O4P. The van der Waals surface area contributed by atoms with E-state index in [1.807, 2.05) is 0 Å².